The zero-order valence-electron chi connectivity index (χ0n) is 12.2. The number of rotatable bonds is 5. The smallest absolute Gasteiger partial charge is 0.227 e. The second-order valence-corrected chi connectivity index (χ2v) is 5.64. The van der Waals surface area contributed by atoms with E-state index < -0.39 is 0 Å². The summed E-state index contributed by atoms with van der Waals surface area (Å²) in [5, 5.41) is 0. The van der Waals surface area contributed by atoms with Crippen molar-refractivity contribution in [3.8, 4) is 0 Å². The lowest BCUT2D eigenvalue weighted by atomic mass is 10.1. The summed E-state index contributed by atoms with van der Waals surface area (Å²) in [7, 11) is 0. The lowest BCUT2D eigenvalue weighted by molar-refractivity contribution is -0.131. The highest BCUT2D eigenvalue weighted by Gasteiger charge is 2.33. The van der Waals surface area contributed by atoms with Gasteiger partial charge in [0, 0.05) is 11.7 Å². The summed E-state index contributed by atoms with van der Waals surface area (Å²) in [5.74, 6) is 1.83. The quantitative estimate of drug-likeness (QED) is 0.859. The summed E-state index contributed by atoms with van der Waals surface area (Å²) in [4.78, 5) is 14.5. The number of amides is 1. The average Bonchev–Trinajstić information content (AvgIpc) is 3.21. The molecular formula is C17H20N2O2. The van der Waals surface area contributed by atoms with E-state index in [1.54, 1.807) is 0 Å². The molecule has 0 saturated heterocycles. The van der Waals surface area contributed by atoms with E-state index >= 15 is 0 Å². The van der Waals surface area contributed by atoms with Gasteiger partial charge in [0.2, 0.25) is 5.91 Å². The Kier molecular flexibility index (Phi) is 3.69. The van der Waals surface area contributed by atoms with Crippen molar-refractivity contribution >= 4 is 11.6 Å². The fourth-order valence-electron chi connectivity index (χ4n) is 2.50. The summed E-state index contributed by atoms with van der Waals surface area (Å²) < 4.78 is 5.60. The first kappa shape index (κ1) is 13.7. The summed E-state index contributed by atoms with van der Waals surface area (Å²) in [6.45, 7) is 2.46. The zero-order valence-corrected chi connectivity index (χ0v) is 12.2. The van der Waals surface area contributed by atoms with E-state index in [0.717, 1.165) is 29.9 Å². The maximum Gasteiger partial charge on any atom is 0.227 e. The van der Waals surface area contributed by atoms with Crippen molar-refractivity contribution in [2.24, 2.45) is 0 Å². The van der Waals surface area contributed by atoms with Gasteiger partial charge in [-0.15, -0.1) is 0 Å². The molecule has 1 aliphatic rings. The second kappa shape index (κ2) is 5.64. The molecule has 3 rings (SSSR count). The predicted octanol–water partition coefficient (Wildman–Crippen LogP) is 2.90. The van der Waals surface area contributed by atoms with Crippen molar-refractivity contribution in [3.63, 3.8) is 0 Å². The molecular weight excluding hydrogens is 264 g/mol. The number of anilines is 1. The second-order valence-electron chi connectivity index (χ2n) is 5.64. The van der Waals surface area contributed by atoms with Crippen molar-refractivity contribution in [2.75, 3.05) is 5.73 Å². The molecule has 0 spiro atoms. The van der Waals surface area contributed by atoms with Gasteiger partial charge in [-0.3, -0.25) is 4.79 Å². The molecule has 0 unspecified atom stereocenters. The molecule has 1 saturated carbocycles. The van der Waals surface area contributed by atoms with Crippen LogP contribution in [0.1, 0.15) is 29.9 Å². The number of carbonyl (C=O) groups excluding carboxylic acids is 1. The van der Waals surface area contributed by atoms with Crippen molar-refractivity contribution in [3.05, 3.63) is 53.5 Å². The standard InChI is InChI=1S/C17H20N2O2/c1-12-6-9-15(21-12)11-19(14-7-8-14)17(20)10-13-4-2-3-5-16(13)18/h2-6,9,14H,7-8,10-11,18H2,1H3. The number of nitrogens with two attached hydrogens (primary N) is 1. The van der Waals surface area contributed by atoms with Crippen LogP contribution in [0.4, 0.5) is 5.69 Å². The maximum atomic E-state index is 12.6. The maximum absolute atomic E-state index is 12.6. The van der Waals surface area contributed by atoms with Crippen molar-refractivity contribution in [2.45, 2.75) is 38.8 Å². The fraction of sp³-hybridized carbons (Fsp3) is 0.353. The number of para-hydroxylation sites is 1. The number of hydrogen-bond donors (Lipinski definition) is 1. The third-order valence-electron chi connectivity index (χ3n) is 3.83. The molecule has 0 aliphatic heterocycles. The van der Waals surface area contributed by atoms with Crippen molar-refractivity contribution in [1.82, 2.24) is 4.90 Å². The Hall–Kier alpha value is -2.23. The molecule has 1 aromatic carbocycles. The van der Waals surface area contributed by atoms with Crippen molar-refractivity contribution in [1.29, 1.82) is 0 Å². The first-order chi connectivity index (χ1) is 10.1. The molecule has 21 heavy (non-hydrogen) atoms. The van der Waals surface area contributed by atoms with Crippen molar-refractivity contribution < 1.29 is 9.21 Å². The van der Waals surface area contributed by atoms with Gasteiger partial charge in [0.15, 0.2) is 0 Å². The molecule has 1 heterocycles. The molecule has 4 heteroatoms. The molecule has 2 N–H and O–H groups in total. The van der Waals surface area contributed by atoms with Crippen LogP contribution < -0.4 is 5.73 Å². The number of nitrogens with zero attached hydrogens (tertiary/aromatic N) is 1. The summed E-state index contributed by atoms with van der Waals surface area (Å²) in [6, 6.07) is 11.8. The summed E-state index contributed by atoms with van der Waals surface area (Å²) >= 11 is 0. The van der Waals surface area contributed by atoms with Gasteiger partial charge in [-0.05, 0) is 43.5 Å². The van der Waals surface area contributed by atoms with Crippen LogP contribution in [0.3, 0.4) is 0 Å². The van der Waals surface area contributed by atoms with Crippen LogP contribution in [0.5, 0.6) is 0 Å². The number of benzene rings is 1. The molecule has 0 radical (unpaired) electrons. The van der Waals surface area contributed by atoms with Gasteiger partial charge in [0.05, 0.1) is 13.0 Å². The van der Waals surface area contributed by atoms with E-state index in [-0.39, 0.29) is 5.91 Å². The monoisotopic (exact) mass is 284 g/mol. The van der Waals surface area contributed by atoms with E-state index in [0.29, 0.717) is 24.7 Å². The third kappa shape index (κ3) is 3.27. The van der Waals surface area contributed by atoms with Crippen LogP contribution in [0.2, 0.25) is 0 Å². The third-order valence-corrected chi connectivity index (χ3v) is 3.83. The molecule has 1 amide bonds. The van der Waals surface area contributed by atoms with Crippen LogP contribution in [0.15, 0.2) is 40.8 Å². The Balaban J connectivity index is 1.72. The fourth-order valence-corrected chi connectivity index (χ4v) is 2.50. The Labute approximate surface area is 124 Å². The number of carbonyl (C=O) groups is 1. The first-order valence-electron chi connectivity index (χ1n) is 7.31. The lowest BCUT2D eigenvalue weighted by Gasteiger charge is -2.21. The summed E-state index contributed by atoms with van der Waals surface area (Å²) in [6.07, 6.45) is 2.51. The van der Waals surface area contributed by atoms with Crippen LogP contribution in [-0.4, -0.2) is 16.8 Å². The number of hydrogen-bond acceptors (Lipinski definition) is 3. The van der Waals surface area contributed by atoms with E-state index in [9.17, 15) is 4.79 Å². The van der Waals surface area contributed by atoms with Gasteiger partial charge in [-0.2, -0.15) is 0 Å². The highest BCUT2D eigenvalue weighted by molar-refractivity contribution is 5.81. The average molecular weight is 284 g/mol. The molecule has 1 aliphatic carbocycles. The minimum absolute atomic E-state index is 0.115. The molecule has 2 aromatic rings. The molecule has 0 atom stereocenters. The minimum atomic E-state index is 0.115. The Morgan fingerprint density at radius 2 is 2.05 bits per heavy atom. The van der Waals surface area contributed by atoms with Gasteiger partial charge in [0.1, 0.15) is 11.5 Å². The zero-order chi connectivity index (χ0) is 14.8. The molecule has 110 valence electrons. The van der Waals surface area contributed by atoms with E-state index in [1.165, 1.54) is 0 Å². The van der Waals surface area contributed by atoms with Crippen LogP contribution in [0.25, 0.3) is 0 Å². The number of nitrogen functional groups attached to an aromatic ring is 1. The van der Waals surface area contributed by atoms with Crippen LogP contribution in [0, 0.1) is 6.92 Å². The van der Waals surface area contributed by atoms with Crippen LogP contribution >= 0.6 is 0 Å². The Bertz CT molecular complexity index is 644. The molecule has 1 aromatic heterocycles. The van der Waals surface area contributed by atoms with E-state index in [1.807, 2.05) is 48.2 Å². The van der Waals surface area contributed by atoms with Gasteiger partial charge < -0.3 is 15.1 Å². The van der Waals surface area contributed by atoms with E-state index in [2.05, 4.69) is 0 Å². The molecule has 4 nitrogen and oxygen atoms in total. The van der Waals surface area contributed by atoms with Gasteiger partial charge in [0.25, 0.3) is 0 Å². The Morgan fingerprint density at radius 3 is 2.67 bits per heavy atom. The van der Waals surface area contributed by atoms with Gasteiger partial charge in [-0.25, -0.2) is 0 Å². The SMILES string of the molecule is Cc1ccc(CN(C(=O)Cc2ccccc2N)C2CC2)o1. The van der Waals surface area contributed by atoms with Crippen LogP contribution in [-0.2, 0) is 17.8 Å². The highest BCUT2D eigenvalue weighted by atomic mass is 16.3. The molecule has 1 fully saturated rings. The minimum Gasteiger partial charge on any atom is -0.464 e. The summed E-state index contributed by atoms with van der Waals surface area (Å²) in [5.41, 5.74) is 7.50. The highest BCUT2D eigenvalue weighted by Crippen LogP contribution is 2.29. The number of aryl methyl sites for hydroxylation is 1. The number of furan rings is 1. The van der Waals surface area contributed by atoms with E-state index in [4.69, 9.17) is 10.2 Å². The lowest BCUT2D eigenvalue weighted by Crippen LogP contribution is -2.33. The predicted molar refractivity (Wildman–Crippen MR) is 81.6 cm³/mol. The van der Waals surface area contributed by atoms with Gasteiger partial charge in [-0.1, -0.05) is 18.2 Å². The largest absolute Gasteiger partial charge is 0.464 e. The normalized spacial score (nSPS) is 14.1. The first-order valence-corrected chi connectivity index (χ1v) is 7.31. The topological polar surface area (TPSA) is 59.5 Å². The Morgan fingerprint density at radius 1 is 1.29 bits per heavy atom. The molecule has 0 bridgehead atoms. The van der Waals surface area contributed by atoms with Gasteiger partial charge >= 0.3 is 0 Å².